The lowest BCUT2D eigenvalue weighted by molar-refractivity contribution is 1.38. The van der Waals surface area contributed by atoms with Crippen LogP contribution in [0.15, 0.2) is 39.4 Å². The SMILES string of the molecule is Cc1c[nH]c(-c2cc(Br)cc(Br)c2)c1. The minimum absolute atomic E-state index is 1.08. The van der Waals surface area contributed by atoms with Gasteiger partial charge >= 0.3 is 0 Å². The maximum absolute atomic E-state index is 3.47. The molecule has 1 nitrogen and oxygen atoms in total. The smallest absolute Gasteiger partial charge is 0.0457 e. The van der Waals surface area contributed by atoms with Gasteiger partial charge in [-0.1, -0.05) is 31.9 Å². The van der Waals surface area contributed by atoms with Crippen molar-refractivity contribution in [3.8, 4) is 11.3 Å². The van der Waals surface area contributed by atoms with Crippen LogP contribution in [-0.4, -0.2) is 4.98 Å². The molecule has 0 fully saturated rings. The minimum Gasteiger partial charge on any atom is -0.361 e. The molecule has 1 aromatic heterocycles. The first-order chi connectivity index (χ1) is 6.65. The standard InChI is InChI=1S/C11H9Br2N/c1-7-2-11(14-6-7)8-3-9(12)5-10(13)4-8/h2-6,14H,1H3. The molecular formula is C11H9Br2N. The summed E-state index contributed by atoms with van der Waals surface area (Å²) in [5, 5.41) is 0. The maximum Gasteiger partial charge on any atom is 0.0457 e. The number of halogens is 2. The van der Waals surface area contributed by atoms with Crippen molar-refractivity contribution < 1.29 is 0 Å². The number of aromatic nitrogens is 1. The summed E-state index contributed by atoms with van der Waals surface area (Å²) in [7, 11) is 0. The molecule has 1 heterocycles. The Morgan fingerprint density at radius 3 is 2.14 bits per heavy atom. The summed E-state index contributed by atoms with van der Waals surface area (Å²) in [4.78, 5) is 3.23. The zero-order valence-electron chi connectivity index (χ0n) is 7.64. The molecule has 0 atom stereocenters. The van der Waals surface area contributed by atoms with E-state index < -0.39 is 0 Å². The van der Waals surface area contributed by atoms with Gasteiger partial charge in [-0.15, -0.1) is 0 Å². The number of aryl methyl sites for hydroxylation is 1. The van der Waals surface area contributed by atoms with Crippen LogP contribution in [0.2, 0.25) is 0 Å². The summed E-state index contributed by atoms with van der Waals surface area (Å²) in [6.45, 7) is 2.08. The Labute approximate surface area is 99.8 Å². The van der Waals surface area contributed by atoms with Gasteiger partial charge < -0.3 is 4.98 Å². The molecule has 0 spiro atoms. The highest BCUT2D eigenvalue weighted by atomic mass is 79.9. The fraction of sp³-hybridized carbons (Fsp3) is 0.0909. The zero-order chi connectivity index (χ0) is 10.1. The van der Waals surface area contributed by atoms with Gasteiger partial charge in [-0.25, -0.2) is 0 Å². The minimum atomic E-state index is 1.08. The lowest BCUT2D eigenvalue weighted by Gasteiger charge is -2.00. The molecule has 0 saturated carbocycles. The summed E-state index contributed by atoms with van der Waals surface area (Å²) in [6, 6.07) is 8.35. The maximum atomic E-state index is 3.47. The first kappa shape index (κ1) is 9.99. The number of H-pyrrole nitrogens is 1. The van der Waals surface area contributed by atoms with E-state index in [0.717, 1.165) is 14.6 Å². The van der Waals surface area contributed by atoms with Gasteiger partial charge in [-0.3, -0.25) is 0 Å². The molecule has 0 aliphatic heterocycles. The number of nitrogens with one attached hydrogen (secondary N) is 1. The van der Waals surface area contributed by atoms with Crippen LogP contribution in [0.5, 0.6) is 0 Å². The van der Waals surface area contributed by atoms with Gasteiger partial charge in [0, 0.05) is 26.4 Å². The Morgan fingerprint density at radius 2 is 1.64 bits per heavy atom. The predicted octanol–water partition coefficient (Wildman–Crippen LogP) is 4.52. The van der Waals surface area contributed by atoms with Crippen molar-refractivity contribution in [3.63, 3.8) is 0 Å². The van der Waals surface area contributed by atoms with Crippen LogP contribution in [0.4, 0.5) is 0 Å². The van der Waals surface area contributed by atoms with E-state index in [1.54, 1.807) is 0 Å². The monoisotopic (exact) mass is 313 g/mol. The normalized spacial score (nSPS) is 10.5. The summed E-state index contributed by atoms with van der Waals surface area (Å²) in [5.41, 5.74) is 3.57. The molecule has 1 aromatic carbocycles. The number of rotatable bonds is 1. The van der Waals surface area contributed by atoms with Gasteiger partial charge in [-0.05, 0) is 36.8 Å². The van der Waals surface area contributed by atoms with Gasteiger partial charge in [0.25, 0.3) is 0 Å². The molecule has 0 amide bonds. The van der Waals surface area contributed by atoms with Gasteiger partial charge in [-0.2, -0.15) is 0 Å². The second-order valence-electron chi connectivity index (χ2n) is 3.25. The van der Waals surface area contributed by atoms with Gasteiger partial charge in [0.05, 0.1) is 0 Å². The molecule has 0 bridgehead atoms. The fourth-order valence-electron chi connectivity index (χ4n) is 1.38. The van der Waals surface area contributed by atoms with E-state index in [1.165, 1.54) is 11.1 Å². The average molecular weight is 315 g/mol. The van der Waals surface area contributed by atoms with Gasteiger partial charge in [0.2, 0.25) is 0 Å². The predicted molar refractivity (Wildman–Crippen MR) is 66.4 cm³/mol. The highest BCUT2D eigenvalue weighted by Crippen LogP contribution is 2.27. The highest BCUT2D eigenvalue weighted by molar-refractivity contribution is 9.11. The van der Waals surface area contributed by atoms with Crippen molar-refractivity contribution in [2.45, 2.75) is 6.92 Å². The number of benzene rings is 1. The van der Waals surface area contributed by atoms with Crippen LogP contribution in [0.1, 0.15) is 5.56 Å². The first-order valence-electron chi connectivity index (χ1n) is 4.26. The molecule has 72 valence electrons. The molecule has 1 N–H and O–H groups in total. The van der Waals surface area contributed by atoms with Crippen molar-refractivity contribution in [2.24, 2.45) is 0 Å². The summed E-state index contributed by atoms with van der Waals surface area (Å²) in [6.07, 6.45) is 2.00. The van der Waals surface area contributed by atoms with Crippen LogP contribution >= 0.6 is 31.9 Å². The Hall–Kier alpha value is -0.540. The molecule has 0 saturated heterocycles. The Bertz CT molecular complexity index is 440. The fourth-order valence-corrected chi connectivity index (χ4v) is 2.67. The lowest BCUT2D eigenvalue weighted by atomic mass is 10.1. The van der Waals surface area contributed by atoms with E-state index in [4.69, 9.17) is 0 Å². The van der Waals surface area contributed by atoms with E-state index in [-0.39, 0.29) is 0 Å². The first-order valence-corrected chi connectivity index (χ1v) is 5.85. The summed E-state index contributed by atoms with van der Waals surface area (Å²) >= 11 is 6.95. The highest BCUT2D eigenvalue weighted by Gasteiger charge is 2.02. The number of hydrogen-bond donors (Lipinski definition) is 1. The Morgan fingerprint density at radius 1 is 1.00 bits per heavy atom. The second kappa shape index (κ2) is 3.91. The molecular weight excluding hydrogens is 306 g/mol. The molecule has 0 unspecified atom stereocenters. The van der Waals surface area contributed by atoms with Gasteiger partial charge in [0.15, 0.2) is 0 Å². The van der Waals surface area contributed by atoms with Crippen molar-refractivity contribution >= 4 is 31.9 Å². The molecule has 14 heavy (non-hydrogen) atoms. The molecule has 0 radical (unpaired) electrons. The molecule has 0 aliphatic carbocycles. The third-order valence-electron chi connectivity index (χ3n) is 2.00. The molecule has 3 heteroatoms. The van der Waals surface area contributed by atoms with Crippen LogP contribution < -0.4 is 0 Å². The third-order valence-corrected chi connectivity index (χ3v) is 2.92. The Balaban J connectivity index is 2.51. The van der Waals surface area contributed by atoms with E-state index in [2.05, 4.69) is 62.0 Å². The average Bonchev–Trinajstić information content (AvgIpc) is 2.50. The quantitative estimate of drug-likeness (QED) is 0.797. The summed E-state index contributed by atoms with van der Waals surface area (Å²) < 4.78 is 2.16. The van der Waals surface area contributed by atoms with Crippen molar-refractivity contribution in [2.75, 3.05) is 0 Å². The van der Waals surface area contributed by atoms with E-state index >= 15 is 0 Å². The lowest BCUT2D eigenvalue weighted by Crippen LogP contribution is -1.77. The third kappa shape index (κ3) is 2.10. The van der Waals surface area contributed by atoms with Crippen molar-refractivity contribution in [1.82, 2.24) is 4.98 Å². The van der Waals surface area contributed by atoms with E-state index in [9.17, 15) is 0 Å². The van der Waals surface area contributed by atoms with Crippen LogP contribution in [0.25, 0.3) is 11.3 Å². The number of hydrogen-bond acceptors (Lipinski definition) is 0. The Kier molecular flexibility index (Phi) is 2.79. The van der Waals surface area contributed by atoms with Crippen LogP contribution in [0.3, 0.4) is 0 Å². The number of aromatic amines is 1. The van der Waals surface area contributed by atoms with Crippen molar-refractivity contribution in [1.29, 1.82) is 0 Å². The van der Waals surface area contributed by atoms with E-state index in [1.807, 2.05) is 12.3 Å². The van der Waals surface area contributed by atoms with Gasteiger partial charge in [0.1, 0.15) is 0 Å². The zero-order valence-corrected chi connectivity index (χ0v) is 10.8. The van der Waals surface area contributed by atoms with Crippen molar-refractivity contribution in [3.05, 3.63) is 45.0 Å². The second-order valence-corrected chi connectivity index (χ2v) is 5.08. The summed E-state index contributed by atoms with van der Waals surface area (Å²) in [5.74, 6) is 0. The largest absolute Gasteiger partial charge is 0.361 e. The molecule has 2 aromatic rings. The van der Waals surface area contributed by atoms with E-state index in [0.29, 0.717) is 0 Å². The van der Waals surface area contributed by atoms with Crippen LogP contribution in [-0.2, 0) is 0 Å². The van der Waals surface area contributed by atoms with Crippen LogP contribution in [0, 0.1) is 6.92 Å². The molecule has 2 rings (SSSR count). The topological polar surface area (TPSA) is 15.8 Å². The molecule has 0 aliphatic rings.